The molecular weight excluding hydrogens is 266 g/mol. The number of hydrogen-bond donors (Lipinski definition) is 3. The first kappa shape index (κ1) is 14.2. The van der Waals surface area contributed by atoms with Gasteiger partial charge in [-0.2, -0.15) is 0 Å². The lowest BCUT2D eigenvalue weighted by atomic mass is 9.86. The molecule has 2 rings (SSSR count). The monoisotopic (exact) mass is 283 g/mol. The lowest BCUT2D eigenvalue weighted by molar-refractivity contribution is -0.142. The summed E-state index contributed by atoms with van der Waals surface area (Å²) < 4.78 is 0. The number of nitrogens with one attached hydrogen (secondary N) is 1. The van der Waals surface area contributed by atoms with Gasteiger partial charge in [0.25, 0.3) is 0 Å². The van der Waals surface area contributed by atoms with Gasteiger partial charge in [-0.1, -0.05) is 11.6 Å². The van der Waals surface area contributed by atoms with Crippen molar-refractivity contribution in [2.75, 3.05) is 0 Å². The quantitative estimate of drug-likeness (QED) is 0.795. The number of aromatic hydroxyl groups is 1. The van der Waals surface area contributed by atoms with Crippen LogP contribution in [0.3, 0.4) is 0 Å². The Kier molecular flexibility index (Phi) is 4.66. The molecule has 4 nitrogen and oxygen atoms in total. The maximum Gasteiger partial charge on any atom is 0.306 e. The van der Waals surface area contributed by atoms with Crippen molar-refractivity contribution in [2.24, 2.45) is 5.92 Å². The van der Waals surface area contributed by atoms with Gasteiger partial charge in [0.1, 0.15) is 5.75 Å². The minimum atomic E-state index is -0.689. The third kappa shape index (κ3) is 3.85. The van der Waals surface area contributed by atoms with Crippen LogP contribution in [0.5, 0.6) is 5.75 Å². The van der Waals surface area contributed by atoms with Crippen molar-refractivity contribution in [3.8, 4) is 5.75 Å². The van der Waals surface area contributed by atoms with Crippen molar-refractivity contribution in [1.29, 1.82) is 0 Å². The van der Waals surface area contributed by atoms with E-state index in [1.807, 2.05) is 0 Å². The Hall–Kier alpha value is -1.26. The van der Waals surface area contributed by atoms with E-state index in [1.54, 1.807) is 18.2 Å². The first-order valence-electron chi connectivity index (χ1n) is 6.50. The van der Waals surface area contributed by atoms with E-state index in [0.717, 1.165) is 18.4 Å². The maximum absolute atomic E-state index is 10.9. The predicted molar refractivity (Wildman–Crippen MR) is 73.3 cm³/mol. The molecule has 0 saturated heterocycles. The van der Waals surface area contributed by atoms with E-state index in [2.05, 4.69) is 5.32 Å². The van der Waals surface area contributed by atoms with Gasteiger partial charge in [0.05, 0.1) is 5.92 Å². The van der Waals surface area contributed by atoms with E-state index in [9.17, 15) is 9.90 Å². The smallest absolute Gasteiger partial charge is 0.306 e. The Bertz CT molecular complexity index is 456. The minimum Gasteiger partial charge on any atom is -0.508 e. The Morgan fingerprint density at radius 3 is 2.63 bits per heavy atom. The van der Waals surface area contributed by atoms with Crippen LogP contribution in [-0.4, -0.2) is 22.2 Å². The highest BCUT2D eigenvalue weighted by molar-refractivity contribution is 6.30. The van der Waals surface area contributed by atoms with E-state index >= 15 is 0 Å². The van der Waals surface area contributed by atoms with E-state index < -0.39 is 5.97 Å². The Balaban J connectivity index is 1.83. The minimum absolute atomic E-state index is 0.197. The standard InChI is InChI=1S/C14H18ClNO3/c15-11-3-6-13(17)10(7-11)8-16-12-4-1-9(2-5-12)14(18)19/h3,6-7,9,12,16-17H,1-2,4-5,8H2,(H,18,19). The Morgan fingerprint density at radius 1 is 1.32 bits per heavy atom. The zero-order chi connectivity index (χ0) is 13.8. The van der Waals surface area contributed by atoms with Crippen molar-refractivity contribution >= 4 is 17.6 Å². The summed E-state index contributed by atoms with van der Waals surface area (Å²) in [7, 11) is 0. The lowest BCUT2D eigenvalue weighted by Gasteiger charge is -2.27. The molecule has 1 aromatic rings. The molecule has 5 heteroatoms. The van der Waals surface area contributed by atoms with Crippen molar-refractivity contribution in [2.45, 2.75) is 38.3 Å². The number of carbonyl (C=O) groups is 1. The van der Waals surface area contributed by atoms with E-state index in [1.165, 1.54) is 0 Å². The average Bonchev–Trinajstić information content (AvgIpc) is 2.40. The van der Waals surface area contributed by atoms with Crippen molar-refractivity contribution in [1.82, 2.24) is 5.32 Å². The normalized spacial score (nSPS) is 23.2. The maximum atomic E-state index is 10.9. The van der Waals surface area contributed by atoms with Gasteiger partial charge in [-0.05, 0) is 43.9 Å². The fourth-order valence-corrected chi connectivity index (χ4v) is 2.69. The summed E-state index contributed by atoms with van der Waals surface area (Å²) in [5.74, 6) is -0.653. The number of hydrogen-bond acceptors (Lipinski definition) is 3. The molecule has 0 bridgehead atoms. The van der Waals surface area contributed by atoms with Gasteiger partial charge in [0, 0.05) is 23.2 Å². The van der Waals surface area contributed by atoms with Gasteiger partial charge >= 0.3 is 5.97 Å². The second-order valence-corrected chi connectivity index (χ2v) is 5.48. The molecule has 0 amide bonds. The van der Waals surface area contributed by atoms with Crippen molar-refractivity contribution in [3.63, 3.8) is 0 Å². The van der Waals surface area contributed by atoms with Crippen LogP contribution in [0.15, 0.2) is 18.2 Å². The van der Waals surface area contributed by atoms with Gasteiger partial charge in [0.2, 0.25) is 0 Å². The van der Waals surface area contributed by atoms with Crippen molar-refractivity contribution < 1.29 is 15.0 Å². The summed E-state index contributed by atoms with van der Waals surface area (Å²) in [5.41, 5.74) is 0.771. The lowest BCUT2D eigenvalue weighted by Crippen LogP contribution is -2.34. The zero-order valence-corrected chi connectivity index (χ0v) is 11.4. The molecule has 1 aliphatic carbocycles. The SMILES string of the molecule is O=C(O)C1CCC(NCc2cc(Cl)ccc2O)CC1. The summed E-state index contributed by atoms with van der Waals surface area (Å²) in [4.78, 5) is 10.9. The van der Waals surface area contributed by atoms with Crippen LogP contribution in [0.1, 0.15) is 31.2 Å². The van der Waals surface area contributed by atoms with Crippen LogP contribution in [-0.2, 0) is 11.3 Å². The highest BCUT2D eigenvalue weighted by atomic mass is 35.5. The van der Waals surface area contributed by atoms with Gasteiger partial charge in [-0.25, -0.2) is 0 Å². The summed E-state index contributed by atoms with van der Waals surface area (Å²) in [6, 6.07) is 5.29. The largest absolute Gasteiger partial charge is 0.508 e. The fourth-order valence-electron chi connectivity index (χ4n) is 2.49. The molecule has 19 heavy (non-hydrogen) atoms. The molecule has 0 aliphatic heterocycles. The molecule has 1 aliphatic rings. The molecule has 0 spiro atoms. The third-order valence-electron chi connectivity index (χ3n) is 3.70. The van der Waals surface area contributed by atoms with E-state index in [0.29, 0.717) is 30.5 Å². The third-order valence-corrected chi connectivity index (χ3v) is 3.93. The van der Waals surface area contributed by atoms with Crippen molar-refractivity contribution in [3.05, 3.63) is 28.8 Å². The number of benzene rings is 1. The molecule has 104 valence electrons. The molecule has 0 heterocycles. The van der Waals surface area contributed by atoms with Gasteiger partial charge in [0.15, 0.2) is 0 Å². The van der Waals surface area contributed by atoms with Gasteiger partial charge in [-0.3, -0.25) is 4.79 Å². The molecule has 0 aromatic heterocycles. The number of rotatable bonds is 4. The average molecular weight is 284 g/mol. The highest BCUT2D eigenvalue weighted by Crippen LogP contribution is 2.26. The molecule has 3 N–H and O–H groups in total. The summed E-state index contributed by atoms with van der Waals surface area (Å²) in [5, 5.41) is 22.6. The topological polar surface area (TPSA) is 69.6 Å². The number of carboxylic acids is 1. The molecule has 1 aromatic carbocycles. The number of halogens is 1. The van der Waals surface area contributed by atoms with Crippen LogP contribution < -0.4 is 5.32 Å². The van der Waals surface area contributed by atoms with Crippen LogP contribution in [0.4, 0.5) is 0 Å². The molecule has 1 saturated carbocycles. The second kappa shape index (κ2) is 6.26. The summed E-state index contributed by atoms with van der Waals surface area (Å²) in [6.07, 6.45) is 3.15. The van der Waals surface area contributed by atoms with Crippen LogP contribution >= 0.6 is 11.6 Å². The van der Waals surface area contributed by atoms with Crippen LogP contribution in [0, 0.1) is 5.92 Å². The van der Waals surface area contributed by atoms with Gasteiger partial charge in [-0.15, -0.1) is 0 Å². The van der Waals surface area contributed by atoms with E-state index in [4.69, 9.17) is 16.7 Å². The Labute approximate surface area is 117 Å². The Morgan fingerprint density at radius 2 is 2.00 bits per heavy atom. The predicted octanol–water partition coefficient (Wildman–Crippen LogP) is 2.78. The molecule has 1 fully saturated rings. The van der Waals surface area contributed by atoms with E-state index in [-0.39, 0.29) is 11.7 Å². The fraction of sp³-hybridized carbons (Fsp3) is 0.500. The zero-order valence-electron chi connectivity index (χ0n) is 10.6. The number of carboxylic acid groups (broad SMARTS) is 1. The second-order valence-electron chi connectivity index (χ2n) is 5.04. The molecule has 0 radical (unpaired) electrons. The highest BCUT2D eigenvalue weighted by Gasteiger charge is 2.25. The first-order valence-corrected chi connectivity index (χ1v) is 6.87. The van der Waals surface area contributed by atoms with Crippen LogP contribution in [0.25, 0.3) is 0 Å². The molecule has 0 atom stereocenters. The van der Waals surface area contributed by atoms with Gasteiger partial charge < -0.3 is 15.5 Å². The number of phenols is 1. The number of aliphatic carboxylic acids is 1. The summed E-state index contributed by atoms with van der Waals surface area (Å²) >= 11 is 5.89. The molecule has 0 unspecified atom stereocenters. The van der Waals surface area contributed by atoms with Crippen LogP contribution in [0.2, 0.25) is 5.02 Å². The molecular formula is C14H18ClNO3. The summed E-state index contributed by atoms with van der Waals surface area (Å²) in [6.45, 7) is 0.550. The number of phenolic OH excluding ortho intramolecular Hbond substituents is 1. The first-order chi connectivity index (χ1) is 9.06.